The first-order valence-electron chi connectivity index (χ1n) is 3.42. The van der Waals surface area contributed by atoms with Crippen LogP contribution in [-0.4, -0.2) is 25.9 Å². The average molecular weight is 161 g/mol. The van der Waals surface area contributed by atoms with Crippen molar-refractivity contribution in [2.75, 3.05) is 13.7 Å². The van der Waals surface area contributed by atoms with E-state index in [1.54, 1.807) is 0 Å². The Kier molecular flexibility index (Phi) is 13.7. The minimum Gasteiger partial charge on any atom is -0.466 e. The number of ether oxygens (including phenoxy) is 1. The van der Waals surface area contributed by atoms with Crippen LogP contribution in [0.2, 0.25) is 0 Å². The minimum absolute atomic E-state index is 0.291. The number of unbranched alkanes of at least 4 members (excludes halogenated alkanes) is 1. The summed E-state index contributed by atoms with van der Waals surface area (Å²) in [7, 11) is 1.50. The fourth-order valence-corrected chi connectivity index (χ4v) is 0.383. The van der Waals surface area contributed by atoms with Gasteiger partial charge in [0.2, 0.25) is 0 Å². The van der Waals surface area contributed by atoms with E-state index in [-0.39, 0.29) is 5.97 Å². The maximum Gasteiger partial charge on any atom is 0.302 e. The van der Waals surface area contributed by atoms with Gasteiger partial charge in [-0.25, -0.2) is 0 Å². The first-order valence-corrected chi connectivity index (χ1v) is 3.42. The van der Waals surface area contributed by atoms with Gasteiger partial charge in [-0.1, -0.05) is 0 Å². The predicted octanol–water partition coefficient (Wildman–Crippen LogP) is 0.104. The van der Waals surface area contributed by atoms with Crippen molar-refractivity contribution >= 4 is 12.3 Å². The summed E-state index contributed by atoms with van der Waals surface area (Å²) < 4.78 is 4.55. The van der Waals surface area contributed by atoms with Gasteiger partial charge in [0, 0.05) is 13.3 Å². The monoisotopic (exact) mass is 161 g/mol. The van der Waals surface area contributed by atoms with E-state index in [1.165, 1.54) is 14.0 Å². The van der Waals surface area contributed by atoms with E-state index in [2.05, 4.69) is 10.5 Å². The van der Waals surface area contributed by atoms with E-state index in [0.717, 1.165) is 6.29 Å². The van der Waals surface area contributed by atoms with Crippen molar-refractivity contribution in [1.82, 2.24) is 0 Å². The largest absolute Gasteiger partial charge is 0.466 e. The molecule has 4 heteroatoms. The Balaban J connectivity index is 0. The van der Waals surface area contributed by atoms with E-state index in [4.69, 9.17) is 0 Å². The van der Waals surface area contributed by atoms with Gasteiger partial charge in [0.1, 0.15) is 6.29 Å². The van der Waals surface area contributed by atoms with Crippen LogP contribution in [0.4, 0.5) is 0 Å². The molecule has 0 radical (unpaired) electrons. The molecule has 0 aliphatic carbocycles. The Labute approximate surface area is 66.7 Å². The number of aldehydes is 1. The van der Waals surface area contributed by atoms with Crippen molar-refractivity contribution < 1.29 is 14.3 Å². The van der Waals surface area contributed by atoms with Crippen molar-refractivity contribution in [2.24, 2.45) is 5.73 Å². The number of hydrogen-bond acceptors (Lipinski definition) is 4. The second kappa shape index (κ2) is 11.8. The summed E-state index contributed by atoms with van der Waals surface area (Å²) in [6.45, 7) is 1.70. The quantitative estimate of drug-likeness (QED) is 0.361. The summed E-state index contributed by atoms with van der Waals surface area (Å²) in [6.07, 6.45) is 1.90. The number of carbonyl (C=O) groups is 2. The van der Waals surface area contributed by atoms with Crippen LogP contribution >= 0.6 is 0 Å². The Morgan fingerprint density at radius 1 is 1.55 bits per heavy atom. The molecule has 0 spiro atoms. The van der Waals surface area contributed by atoms with Crippen molar-refractivity contribution in [3.63, 3.8) is 0 Å². The number of nitrogens with two attached hydrogens (primary N) is 1. The van der Waals surface area contributed by atoms with Gasteiger partial charge in [-0.3, -0.25) is 4.79 Å². The molecule has 0 saturated heterocycles. The topological polar surface area (TPSA) is 69.4 Å². The van der Waals surface area contributed by atoms with Gasteiger partial charge >= 0.3 is 5.97 Å². The van der Waals surface area contributed by atoms with E-state index in [9.17, 15) is 9.59 Å². The molecule has 0 unspecified atom stereocenters. The van der Waals surface area contributed by atoms with Crippen LogP contribution in [0.5, 0.6) is 0 Å². The highest BCUT2D eigenvalue weighted by atomic mass is 16.5. The molecule has 66 valence electrons. The van der Waals surface area contributed by atoms with Crippen LogP contribution in [0, 0.1) is 0 Å². The molecule has 4 nitrogen and oxygen atoms in total. The van der Waals surface area contributed by atoms with Crippen molar-refractivity contribution in [2.45, 2.75) is 19.8 Å². The highest BCUT2D eigenvalue weighted by Crippen LogP contribution is 1.85. The molecule has 0 saturated carbocycles. The highest BCUT2D eigenvalue weighted by molar-refractivity contribution is 5.65. The Hall–Kier alpha value is -0.900. The fourth-order valence-electron chi connectivity index (χ4n) is 0.383. The van der Waals surface area contributed by atoms with Crippen LogP contribution in [0.15, 0.2) is 0 Å². The maximum atomic E-state index is 10.1. The molecule has 0 rings (SSSR count). The van der Waals surface area contributed by atoms with Crippen molar-refractivity contribution in [3.05, 3.63) is 0 Å². The molecular formula is C7H15NO3. The third-order valence-corrected chi connectivity index (χ3v) is 0.772. The zero-order valence-electron chi connectivity index (χ0n) is 7.00. The van der Waals surface area contributed by atoms with Gasteiger partial charge in [0.05, 0.1) is 6.61 Å². The molecule has 0 aliphatic rings. The summed E-state index contributed by atoms with van der Waals surface area (Å²) in [5, 5.41) is 0. The van der Waals surface area contributed by atoms with Gasteiger partial charge in [-0.15, -0.1) is 0 Å². The van der Waals surface area contributed by atoms with E-state index in [0.29, 0.717) is 19.4 Å². The molecule has 0 atom stereocenters. The second-order valence-corrected chi connectivity index (χ2v) is 1.65. The summed E-state index contributed by atoms with van der Waals surface area (Å²) in [6, 6.07) is 0. The summed E-state index contributed by atoms with van der Waals surface area (Å²) in [4.78, 5) is 19.8. The Morgan fingerprint density at radius 2 is 2.09 bits per heavy atom. The molecule has 0 bridgehead atoms. The SMILES string of the molecule is CC(=O)OCCCC=O.CN. The lowest BCUT2D eigenvalue weighted by Crippen LogP contribution is -2.00. The average Bonchev–Trinajstić information content (AvgIpc) is 2.02. The van der Waals surface area contributed by atoms with Gasteiger partial charge in [0.25, 0.3) is 0 Å². The Morgan fingerprint density at radius 3 is 2.45 bits per heavy atom. The van der Waals surface area contributed by atoms with Crippen molar-refractivity contribution in [3.8, 4) is 0 Å². The van der Waals surface area contributed by atoms with Crippen LogP contribution in [0.25, 0.3) is 0 Å². The molecule has 2 N–H and O–H groups in total. The predicted molar refractivity (Wildman–Crippen MR) is 42.0 cm³/mol. The molecule has 0 heterocycles. The summed E-state index contributed by atoms with van der Waals surface area (Å²) >= 11 is 0. The van der Waals surface area contributed by atoms with Crippen LogP contribution in [0.1, 0.15) is 19.8 Å². The zero-order valence-corrected chi connectivity index (χ0v) is 7.00. The van der Waals surface area contributed by atoms with E-state index < -0.39 is 0 Å². The lowest BCUT2D eigenvalue weighted by atomic mass is 10.3. The van der Waals surface area contributed by atoms with Gasteiger partial charge < -0.3 is 15.3 Å². The molecular weight excluding hydrogens is 146 g/mol. The molecule has 0 aromatic heterocycles. The van der Waals surface area contributed by atoms with Crippen LogP contribution in [0.3, 0.4) is 0 Å². The van der Waals surface area contributed by atoms with E-state index >= 15 is 0 Å². The number of hydrogen-bond donors (Lipinski definition) is 1. The van der Waals surface area contributed by atoms with Crippen molar-refractivity contribution in [1.29, 1.82) is 0 Å². The zero-order chi connectivity index (χ0) is 9.11. The van der Waals surface area contributed by atoms with Gasteiger partial charge in [-0.2, -0.15) is 0 Å². The Bertz CT molecular complexity index is 104. The third-order valence-electron chi connectivity index (χ3n) is 0.772. The standard InChI is InChI=1S/C6H10O3.CH5N/c1-6(8)9-5-3-2-4-7;1-2/h4H,2-3,5H2,1H3;2H2,1H3. The number of esters is 1. The maximum absolute atomic E-state index is 10.1. The second-order valence-electron chi connectivity index (χ2n) is 1.65. The number of carbonyl (C=O) groups excluding carboxylic acids is 2. The summed E-state index contributed by atoms with van der Waals surface area (Å²) in [5.41, 5.74) is 4.50. The fraction of sp³-hybridized carbons (Fsp3) is 0.714. The minimum atomic E-state index is -0.291. The summed E-state index contributed by atoms with van der Waals surface area (Å²) in [5.74, 6) is -0.291. The molecule has 11 heavy (non-hydrogen) atoms. The van der Waals surface area contributed by atoms with Crippen LogP contribution in [-0.2, 0) is 14.3 Å². The van der Waals surface area contributed by atoms with E-state index in [1.807, 2.05) is 0 Å². The molecule has 0 aliphatic heterocycles. The smallest absolute Gasteiger partial charge is 0.302 e. The van der Waals surface area contributed by atoms with Gasteiger partial charge in [-0.05, 0) is 13.5 Å². The molecule has 0 fully saturated rings. The van der Waals surface area contributed by atoms with Crippen LogP contribution < -0.4 is 5.73 Å². The number of rotatable bonds is 4. The molecule has 0 amide bonds. The molecule has 0 aromatic carbocycles. The first-order chi connectivity index (χ1) is 5.27. The first kappa shape index (κ1) is 12.7. The normalized spacial score (nSPS) is 7.55. The third kappa shape index (κ3) is 17.6. The lowest BCUT2D eigenvalue weighted by molar-refractivity contribution is -0.141. The lowest BCUT2D eigenvalue weighted by Gasteiger charge is -1.96. The molecule has 0 aromatic rings. The highest BCUT2D eigenvalue weighted by Gasteiger charge is 1.90. The van der Waals surface area contributed by atoms with Gasteiger partial charge in [0.15, 0.2) is 0 Å².